The van der Waals surface area contributed by atoms with Crippen LogP contribution in [-0.2, 0) is 9.53 Å². The van der Waals surface area contributed by atoms with Crippen molar-refractivity contribution in [3.8, 4) is 0 Å². The molecule has 0 saturated carbocycles. The number of alkyl halides is 2. The van der Waals surface area contributed by atoms with Gasteiger partial charge in [0.2, 0.25) is 6.43 Å². The predicted molar refractivity (Wildman–Crippen MR) is 83.8 cm³/mol. The Kier molecular flexibility index (Phi) is 6.43. The molecule has 122 valence electrons. The van der Waals surface area contributed by atoms with Crippen molar-refractivity contribution in [2.24, 2.45) is 5.73 Å². The highest BCUT2D eigenvalue weighted by molar-refractivity contribution is 7.99. The van der Waals surface area contributed by atoms with Crippen LogP contribution in [0.5, 0.6) is 0 Å². The monoisotopic (exact) mass is 350 g/mol. The van der Waals surface area contributed by atoms with Crippen LogP contribution in [0, 0.1) is 0 Å². The SMILES string of the molecule is NC[C@H]1CC[C@@H](C(=O)Nc2cccc(Cl)c2SCC(F)F)O1. The minimum Gasteiger partial charge on any atom is -0.364 e. The Labute approximate surface area is 136 Å². The largest absolute Gasteiger partial charge is 0.364 e. The first-order valence-corrected chi connectivity index (χ1v) is 8.23. The molecule has 0 bridgehead atoms. The Morgan fingerprint density at radius 2 is 2.27 bits per heavy atom. The van der Waals surface area contributed by atoms with Gasteiger partial charge in [-0.1, -0.05) is 17.7 Å². The molecular formula is C14H17ClF2N2O2S. The second kappa shape index (κ2) is 8.10. The van der Waals surface area contributed by atoms with E-state index in [9.17, 15) is 13.6 Å². The number of nitrogens with one attached hydrogen (secondary N) is 1. The number of benzene rings is 1. The van der Waals surface area contributed by atoms with Gasteiger partial charge < -0.3 is 15.8 Å². The van der Waals surface area contributed by atoms with Crippen LogP contribution in [0.15, 0.2) is 23.1 Å². The first-order chi connectivity index (χ1) is 10.5. The summed E-state index contributed by atoms with van der Waals surface area (Å²) in [6.45, 7) is 0.371. The molecule has 0 radical (unpaired) electrons. The quantitative estimate of drug-likeness (QED) is 0.774. The Hall–Kier alpha value is -0.890. The first-order valence-electron chi connectivity index (χ1n) is 6.87. The van der Waals surface area contributed by atoms with Crippen molar-refractivity contribution in [2.45, 2.75) is 36.4 Å². The van der Waals surface area contributed by atoms with Gasteiger partial charge in [0, 0.05) is 11.4 Å². The minimum absolute atomic E-state index is 0.109. The van der Waals surface area contributed by atoms with E-state index >= 15 is 0 Å². The average molecular weight is 351 g/mol. The number of carbonyl (C=O) groups is 1. The van der Waals surface area contributed by atoms with Crippen LogP contribution in [0.2, 0.25) is 5.02 Å². The third kappa shape index (κ3) is 4.55. The van der Waals surface area contributed by atoms with Gasteiger partial charge in [-0.15, -0.1) is 11.8 Å². The Bertz CT molecular complexity index is 534. The zero-order valence-electron chi connectivity index (χ0n) is 11.7. The van der Waals surface area contributed by atoms with Gasteiger partial charge in [-0.05, 0) is 25.0 Å². The second-order valence-corrected chi connectivity index (χ2v) is 6.31. The molecule has 2 rings (SSSR count). The molecule has 0 aromatic heterocycles. The van der Waals surface area contributed by atoms with Gasteiger partial charge in [-0.2, -0.15) is 0 Å². The normalized spacial score (nSPS) is 21.3. The van der Waals surface area contributed by atoms with Crippen molar-refractivity contribution in [3.63, 3.8) is 0 Å². The number of anilines is 1. The molecule has 2 atom stereocenters. The van der Waals surface area contributed by atoms with E-state index in [1.54, 1.807) is 18.2 Å². The van der Waals surface area contributed by atoms with Crippen molar-refractivity contribution in [1.82, 2.24) is 0 Å². The van der Waals surface area contributed by atoms with Gasteiger partial charge in [0.15, 0.2) is 0 Å². The molecule has 0 spiro atoms. The first kappa shape index (κ1) is 17.5. The van der Waals surface area contributed by atoms with Crippen LogP contribution in [0.3, 0.4) is 0 Å². The maximum Gasteiger partial charge on any atom is 0.253 e. The fourth-order valence-electron chi connectivity index (χ4n) is 2.19. The van der Waals surface area contributed by atoms with Crippen molar-refractivity contribution in [2.75, 3.05) is 17.6 Å². The molecule has 3 N–H and O–H groups in total. The number of hydrogen-bond donors (Lipinski definition) is 2. The summed E-state index contributed by atoms with van der Waals surface area (Å²) in [5, 5.41) is 3.04. The highest BCUT2D eigenvalue weighted by atomic mass is 35.5. The van der Waals surface area contributed by atoms with E-state index in [4.69, 9.17) is 22.1 Å². The number of nitrogens with two attached hydrogens (primary N) is 1. The minimum atomic E-state index is -2.45. The fraction of sp³-hybridized carbons (Fsp3) is 0.500. The molecule has 4 nitrogen and oxygen atoms in total. The van der Waals surface area contributed by atoms with Gasteiger partial charge in [0.05, 0.1) is 22.6 Å². The molecule has 0 unspecified atom stereocenters. The van der Waals surface area contributed by atoms with E-state index in [-0.39, 0.29) is 17.8 Å². The lowest BCUT2D eigenvalue weighted by molar-refractivity contribution is -0.126. The van der Waals surface area contributed by atoms with Gasteiger partial charge >= 0.3 is 0 Å². The number of thioether (sulfide) groups is 1. The molecule has 1 fully saturated rings. The smallest absolute Gasteiger partial charge is 0.253 e. The maximum absolute atomic E-state index is 12.4. The lowest BCUT2D eigenvalue weighted by Crippen LogP contribution is -2.30. The fourth-order valence-corrected chi connectivity index (χ4v) is 3.30. The highest BCUT2D eigenvalue weighted by Crippen LogP contribution is 2.35. The molecule has 1 aliphatic heterocycles. The van der Waals surface area contributed by atoms with E-state index in [0.29, 0.717) is 28.6 Å². The Balaban J connectivity index is 2.05. The molecular weight excluding hydrogens is 334 g/mol. The van der Waals surface area contributed by atoms with Crippen LogP contribution in [0.4, 0.5) is 14.5 Å². The lowest BCUT2D eigenvalue weighted by atomic mass is 10.2. The van der Waals surface area contributed by atoms with E-state index < -0.39 is 12.5 Å². The van der Waals surface area contributed by atoms with Gasteiger partial charge in [0.25, 0.3) is 5.91 Å². The zero-order chi connectivity index (χ0) is 16.1. The summed E-state index contributed by atoms with van der Waals surface area (Å²) in [7, 11) is 0. The summed E-state index contributed by atoms with van der Waals surface area (Å²) in [5.74, 6) is -0.695. The van der Waals surface area contributed by atoms with E-state index in [1.807, 2.05) is 0 Å². The van der Waals surface area contributed by atoms with Gasteiger partial charge in [0.1, 0.15) is 6.10 Å². The summed E-state index contributed by atoms with van der Waals surface area (Å²) in [4.78, 5) is 12.6. The van der Waals surface area contributed by atoms with Crippen LogP contribution in [0.1, 0.15) is 12.8 Å². The van der Waals surface area contributed by atoms with E-state index in [1.165, 1.54) is 0 Å². The lowest BCUT2D eigenvalue weighted by Gasteiger charge is -2.15. The molecule has 1 heterocycles. The molecule has 1 aliphatic rings. The van der Waals surface area contributed by atoms with Crippen LogP contribution in [0.25, 0.3) is 0 Å². The molecule has 1 saturated heterocycles. The Morgan fingerprint density at radius 3 is 2.91 bits per heavy atom. The number of ether oxygens (including phenoxy) is 1. The molecule has 1 aromatic rings. The van der Waals surface area contributed by atoms with Crippen LogP contribution in [-0.4, -0.2) is 36.8 Å². The van der Waals surface area contributed by atoms with E-state index in [0.717, 1.165) is 18.2 Å². The third-order valence-electron chi connectivity index (χ3n) is 3.24. The summed E-state index contributed by atoms with van der Waals surface area (Å²) in [6.07, 6.45) is -1.80. The summed E-state index contributed by atoms with van der Waals surface area (Å²) in [6, 6.07) is 4.89. The third-order valence-corrected chi connectivity index (χ3v) is 4.82. The zero-order valence-corrected chi connectivity index (χ0v) is 13.3. The summed E-state index contributed by atoms with van der Waals surface area (Å²) in [5.41, 5.74) is 5.93. The molecule has 1 amide bonds. The van der Waals surface area contributed by atoms with Crippen molar-refractivity contribution < 1.29 is 18.3 Å². The standard InChI is InChI=1S/C14H17ClF2N2O2S/c15-9-2-1-3-10(13(9)22-7-12(16)17)19-14(20)11-5-4-8(6-18)21-11/h1-3,8,11-12H,4-7,18H2,(H,19,20)/t8-,11+/m1/s1. The average Bonchev–Trinajstić information content (AvgIpc) is 2.95. The number of amides is 1. The predicted octanol–water partition coefficient (Wildman–Crippen LogP) is 3.14. The molecule has 8 heteroatoms. The van der Waals surface area contributed by atoms with Crippen molar-refractivity contribution in [1.29, 1.82) is 0 Å². The Morgan fingerprint density at radius 1 is 1.50 bits per heavy atom. The highest BCUT2D eigenvalue weighted by Gasteiger charge is 2.30. The summed E-state index contributed by atoms with van der Waals surface area (Å²) < 4.78 is 30.3. The topological polar surface area (TPSA) is 64.4 Å². The second-order valence-electron chi connectivity index (χ2n) is 4.87. The number of rotatable bonds is 6. The number of carbonyl (C=O) groups excluding carboxylic acids is 1. The number of halogens is 3. The molecule has 0 aliphatic carbocycles. The van der Waals surface area contributed by atoms with Crippen molar-refractivity contribution >= 4 is 35.0 Å². The van der Waals surface area contributed by atoms with Gasteiger partial charge in [-0.3, -0.25) is 4.79 Å². The number of hydrogen-bond acceptors (Lipinski definition) is 4. The van der Waals surface area contributed by atoms with Crippen LogP contribution >= 0.6 is 23.4 Å². The van der Waals surface area contributed by atoms with Crippen LogP contribution < -0.4 is 11.1 Å². The summed E-state index contributed by atoms with van der Waals surface area (Å²) >= 11 is 6.95. The van der Waals surface area contributed by atoms with Gasteiger partial charge in [-0.25, -0.2) is 8.78 Å². The van der Waals surface area contributed by atoms with E-state index in [2.05, 4.69) is 5.32 Å². The van der Waals surface area contributed by atoms with Crippen molar-refractivity contribution in [3.05, 3.63) is 23.2 Å². The molecule has 22 heavy (non-hydrogen) atoms. The maximum atomic E-state index is 12.4. The molecule has 1 aromatic carbocycles.